The topological polar surface area (TPSA) is 54.8 Å². The van der Waals surface area contributed by atoms with Crippen LogP contribution in [0.2, 0.25) is 0 Å². The minimum absolute atomic E-state index is 0.301. The molecule has 0 unspecified atom stereocenters. The highest BCUT2D eigenvalue weighted by Crippen LogP contribution is 2.33. The second-order valence-corrected chi connectivity index (χ2v) is 6.26. The zero-order valence-electron chi connectivity index (χ0n) is 15.1. The molecular formula is C20H15F4N5. The largest absolute Gasteiger partial charge is 0.416 e. The van der Waals surface area contributed by atoms with E-state index in [1.165, 1.54) is 24.4 Å². The van der Waals surface area contributed by atoms with Crippen LogP contribution in [-0.4, -0.2) is 21.6 Å². The highest BCUT2D eigenvalue weighted by molar-refractivity contribution is 5.83. The van der Waals surface area contributed by atoms with Crippen molar-refractivity contribution < 1.29 is 17.6 Å². The number of hydrogen-bond donors (Lipinski definition) is 2. The van der Waals surface area contributed by atoms with Crippen LogP contribution in [0.1, 0.15) is 5.56 Å². The van der Waals surface area contributed by atoms with Gasteiger partial charge in [0, 0.05) is 24.5 Å². The van der Waals surface area contributed by atoms with Gasteiger partial charge in [-0.2, -0.15) is 13.2 Å². The molecule has 0 saturated carbocycles. The van der Waals surface area contributed by atoms with E-state index in [1.807, 2.05) is 0 Å². The van der Waals surface area contributed by atoms with Crippen molar-refractivity contribution in [1.29, 1.82) is 0 Å². The number of pyridine rings is 1. The Morgan fingerprint density at radius 3 is 2.52 bits per heavy atom. The molecule has 2 aromatic heterocycles. The summed E-state index contributed by atoms with van der Waals surface area (Å²) in [6.45, 7) is 0. The molecule has 0 radical (unpaired) electrons. The lowest BCUT2D eigenvalue weighted by Crippen LogP contribution is -2.07. The maximum absolute atomic E-state index is 13.4. The van der Waals surface area contributed by atoms with Crippen LogP contribution in [0.4, 0.5) is 35.0 Å². The Hall–Kier alpha value is -3.62. The molecule has 0 fully saturated rings. The number of nitrogens with one attached hydrogen (secondary N) is 2. The molecule has 0 spiro atoms. The summed E-state index contributed by atoms with van der Waals surface area (Å²) in [5.74, 6) is 0.366. The van der Waals surface area contributed by atoms with Crippen LogP contribution in [0.3, 0.4) is 0 Å². The maximum Gasteiger partial charge on any atom is 0.416 e. The SMILES string of the molecule is CNc1nc2cnc(Nc3cccc(F)c3)cc2n1-c1cccc(C(F)(F)F)c1. The van der Waals surface area contributed by atoms with E-state index in [0.717, 1.165) is 12.1 Å². The lowest BCUT2D eigenvalue weighted by atomic mass is 10.2. The summed E-state index contributed by atoms with van der Waals surface area (Å²) in [7, 11) is 1.63. The van der Waals surface area contributed by atoms with Gasteiger partial charge >= 0.3 is 6.18 Å². The van der Waals surface area contributed by atoms with E-state index in [0.29, 0.717) is 34.2 Å². The van der Waals surface area contributed by atoms with E-state index in [1.54, 1.807) is 35.9 Å². The van der Waals surface area contributed by atoms with Crippen molar-refractivity contribution in [2.45, 2.75) is 6.18 Å². The molecule has 2 aromatic carbocycles. The monoisotopic (exact) mass is 401 g/mol. The molecule has 2 N–H and O–H groups in total. The molecule has 0 saturated heterocycles. The summed E-state index contributed by atoms with van der Waals surface area (Å²) in [5.41, 5.74) is 1.08. The van der Waals surface area contributed by atoms with Gasteiger partial charge in [-0.15, -0.1) is 0 Å². The predicted molar refractivity (Wildman–Crippen MR) is 103 cm³/mol. The van der Waals surface area contributed by atoms with E-state index in [2.05, 4.69) is 20.6 Å². The van der Waals surface area contributed by atoms with Crippen molar-refractivity contribution in [2.75, 3.05) is 17.7 Å². The molecule has 4 aromatic rings. The quantitative estimate of drug-likeness (QED) is 0.452. The molecule has 0 bridgehead atoms. The third kappa shape index (κ3) is 3.71. The van der Waals surface area contributed by atoms with Crippen molar-refractivity contribution in [1.82, 2.24) is 14.5 Å². The van der Waals surface area contributed by atoms with Gasteiger partial charge in [0.05, 0.1) is 17.3 Å². The first-order valence-corrected chi connectivity index (χ1v) is 8.61. The maximum atomic E-state index is 13.4. The second kappa shape index (κ2) is 7.08. The Labute approximate surface area is 163 Å². The number of fused-ring (bicyclic) bond motifs is 1. The first kappa shape index (κ1) is 18.7. The van der Waals surface area contributed by atoms with Gasteiger partial charge in [-0.1, -0.05) is 12.1 Å². The standard InChI is InChI=1S/C20H15F4N5/c1-25-19-28-16-11-26-18(27-14-6-3-5-13(21)9-14)10-17(16)29(19)15-7-2-4-12(8-15)20(22,23)24/h2-11H,1H3,(H,25,28)(H,26,27). The molecule has 0 atom stereocenters. The van der Waals surface area contributed by atoms with Crippen molar-refractivity contribution in [3.05, 3.63) is 72.2 Å². The van der Waals surface area contributed by atoms with Crippen LogP contribution < -0.4 is 10.6 Å². The Kier molecular flexibility index (Phi) is 4.57. The Bertz CT molecular complexity index is 1180. The summed E-state index contributed by atoms with van der Waals surface area (Å²) in [6.07, 6.45) is -2.96. The zero-order valence-corrected chi connectivity index (χ0v) is 15.1. The number of hydrogen-bond acceptors (Lipinski definition) is 4. The molecule has 0 amide bonds. The number of halogens is 4. The first-order chi connectivity index (χ1) is 13.8. The number of aromatic nitrogens is 3. The molecule has 9 heteroatoms. The van der Waals surface area contributed by atoms with Gasteiger partial charge in [-0.3, -0.25) is 4.57 Å². The third-order valence-electron chi connectivity index (χ3n) is 4.29. The smallest absolute Gasteiger partial charge is 0.358 e. The molecular weight excluding hydrogens is 386 g/mol. The van der Waals surface area contributed by atoms with Gasteiger partial charge in [0.2, 0.25) is 5.95 Å². The Morgan fingerprint density at radius 2 is 1.79 bits per heavy atom. The number of nitrogens with zero attached hydrogens (tertiary/aromatic N) is 3. The van der Waals surface area contributed by atoms with Crippen LogP contribution in [0, 0.1) is 5.82 Å². The third-order valence-corrected chi connectivity index (χ3v) is 4.29. The normalized spacial score (nSPS) is 11.6. The fourth-order valence-corrected chi connectivity index (χ4v) is 3.01. The molecule has 0 aliphatic heterocycles. The number of benzene rings is 2. The number of imidazole rings is 1. The summed E-state index contributed by atoms with van der Waals surface area (Å²) >= 11 is 0. The van der Waals surface area contributed by atoms with E-state index in [4.69, 9.17) is 0 Å². The summed E-state index contributed by atoms with van der Waals surface area (Å²) in [4.78, 5) is 8.64. The van der Waals surface area contributed by atoms with E-state index < -0.39 is 17.6 Å². The molecule has 29 heavy (non-hydrogen) atoms. The van der Waals surface area contributed by atoms with Crippen LogP contribution in [0.15, 0.2) is 60.8 Å². The van der Waals surface area contributed by atoms with Crippen molar-refractivity contribution in [2.24, 2.45) is 0 Å². The van der Waals surface area contributed by atoms with Gasteiger partial charge in [-0.25, -0.2) is 14.4 Å². The van der Waals surface area contributed by atoms with Gasteiger partial charge in [0.15, 0.2) is 0 Å². The van der Waals surface area contributed by atoms with Crippen molar-refractivity contribution >= 4 is 28.5 Å². The zero-order chi connectivity index (χ0) is 20.6. The van der Waals surface area contributed by atoms with Crippen LogP contribution in [0.5, 0.6) is 0 Å². The number of rotatable bonds is 4. The Morgan fingerprint density at radius 1 is 1.00 bits per heavy atom. The van der Waals surface area contributed by atoms with E-state index in [-0.39, 0.29) is 0 Å². The Balaban J connectivity index is 1.83. The molecule has 5 nitrogen and oxygen atoms in total. The average molecular weight is 401 g/mol. The summed E-state index contributed by atoms with van der Waals surface area (Å²) in [6, 6.07) is 12.5. The lowest BCUT2D eigenvalue weighted by Gasteiger charge is -2.12. The molecule has 2 heterocycles. The van der Waals surface area contributed by atoms with Gasteiger partial charge in [0.25, 0.3) is 0 Å². The molecule has 0 aliphatic rings. The highest BCUT2D eigenvalue weighted by Gasteiger charge is 2.30. The minimum atomic E-state index is -4.46. The van der Waals surface area contributed by atoms with Gasteiger partial charge in [0.1, 0.15) is 17.2 Å². The van der Waals surface area contributed by atoms with Gasteiger partial charge in [-0.05, 0) is 36.4 Å². The van der Waals surface area contributed by atoms with Crippen LogP contribution in [0.25, 0.3) is 16.7 Å². The summed E-state index contributed by atoms with van der Waals surface area (Å²) in [5, 5.41) is 5.88. The average Bonchev–Trinajstić information content (AvgIpc) is 3.05. The second-order valence-electron chi connectivity index (χ2n) is 6.26. The number of alkyl halides is 3. The minimum Gasteiger partial charge on any atom is -0.358 e. The van der Waals surface area contributed by atoms with E-state index >= 15 is 0 Å². The van der Waals surface area contributed by atoms with Gasteiger partial charge < -0.3 is 10.6 Å². The van der Waals surface area contributed by atoms with E-state index in [9.17, 15) is 17.6 Å². The molecule has 4 rings (SSSR count). The van der Waals surface area contributed by atoms with Crippen LogP contribution >= 0.6 is 0 Å². The lowest BCUT2D eigenvalue weighted by molar-refractivity contribution is -0.137. The fraction of sp³-hybridized carbons (Fsp3) is 0.100. The molecule has 148 valence electrons. The predicted octanol–water partition coefficient (Wildman–Crippen LogP) is 5.36. The fourth-order valence-electron chi connectivity index (χ4n) is 3.01. The summed E-state index contributed by atoms with van der Waals surface area (Å²) < 4.78 is 54.5. The first-order valence-electron chi connectivity index (χ1n) is 8.61. The highest BCUT2D eigenvalue weighted by atomic mass is 19.4. The van der Waals surface area contributed by atoms with Crippen LogP contribution in [-0.2, 0) is 6.18 Å². The van der Waals surface area contributed by atoms with Crippen molar-refractivity contribution in [3.8, 4) is 5.69 Å². The molecule has 0 aliphatic carbocycles. The number of anilines is 3. The van der Waals surface area contributed by atoms with Crippen molar-refractivity contribution in [3.63, 3.8) is 0 Å².